The van der Waals surface area contributed by atoms with Gasteiger partial charge in [0.1, 0.15) is 34.1 Å². The van der Waals surface area contributed by atoms with Crippen molar-refractivity contribution in [1.29, 1.82) is 0 Å². The zero-order valence-electron chi connectivity index (χ0n) is 31.3. The van der Waals surface area contributed by atoms with Gasteiger partial charge >= 0.3 is 36.2 Å². The fraction of sp³-hybridized carbons (Fsp3) is 0.278. The number of nitrogens with zero attached hydrogens (tertiary/aromatic N) is 4. The minimum Gasteiger partial charge on any atom is -0.496 e. The van der Waals surface area contributed by atoms with Crippen molar-refractivity contribution in [3.8, 4) is 45.5 Å². The van der Waals surface area contributed by atoms with Crippen LogP contribution in [0.3, 0.4) is 0 Å². The molecule has 4 rings (SSSR count). The molecule has 0 spiro atoms. The molecule has 0 bridgehead atoms. The molecule has 58 heavy (non-hydrogen) atoms. The third kappa shape index (κ3) is 12.8. The van der Waals surface area contributed by atoms with Gasteiger partial charge in [0.25, 0.3) is 0 Å². The Morgan fingerprint density at radius 2 is 0.810 bits per heavy atom. The molecule has 0 aliphatic heterocycles. The number of alkyl halides is 6. The van der Waals surface area contributed by atoms with Crippen LogP contribution in [0.1, 0.15) is 20.7 Å². The first-order valence-corrected chi connectivity index (χ1v) is 15.9. The fourth-order valence-corrected chi connectivity index (χ4v) is 4.66. The van der Waals surface area contributed by atoms with E-state index in [0.717, 1.165) is 11.4 Å². The van der Waals surface area contributed by atoms with Crippen LogP contribution in [0.4, 0.5) is 37.7 Å². The van der Waals surface area contributed by atoms with Gasteiger partial charge in [0, 0.05) is 38.3 Å². The fourth-order valence-electron chi connectivity index (χ4n) is 4.66. The third-order valence-corrected chi connectivity index (χ3v) is 7.66. The van der Waals surface area contributed by atoms with E-state index in [1.165, 1.54) is 28.4 Å². The smallest absolute Gasteiger partial charge is 0.490 e. The maximum absolute atomic E-state index is 11.7. The molecule has 0 radical (unpaired) electrons. The lowest BCUT2D eigenvalue weighted by Crippen LogP contribution is -2.30. The summed E-state index contributed by atoms with van der Waals surface area (Å²) in [7, 11) is 9.59. The molecule has 4 N–H and O–H groups in total. The van der Waals surface area contributed by atoms with Gasteiger partial charge in [-0.15, -0.1) is 0 Å². The van der Waals surface area contributed by atoms with E-state index < -0.39 is 36.2 Å². The predicted molar refractivity (Wildman–Crippen MR) is 193 cm³/mol. The SMILES string of the molecule is COc1cc(-c2ccc(N(C)CCN(C)c3ccc(-c4cc(OC)c(C(=O)O)c(OC)c4)nc3)cn2)cc(OC)c1C(=O)O.O=C(O)C(F)(F)F.O=C(O)C(F)(F)F. The quantitative estimate of drug-likeness (QED) is 0.112. The number of hydrogen-bond acceptors (Lipinski definition) is 12. The Balaban J connectivity index is 0.000000707. The Morgan fingerprint density at radius 3 is 0.983 bits per heavy atom. The summed E-state index contributed by atoms with van der Waals surface area (Å²) in [4.78, 5) is 54.4. The molecule has 0 aliphatic rings. The summed E-state index contributed by atoms with van der Waals surface area (Å²) in [6, 6.07) is 14.1. The van der Waals surface area contributed by atoms with Crippen LogP contribution in [0.15, 0.2) is 60.9 Å². The van der Waals surface area contributed by atoms with Crippen LogP contribution in [0.2, 0.25) is 0 Å². The van der Waals surface area contributed by atoms with Crippen LogP contribution >= 0.6 is 0 Å². The molecule has 16 nitrogen and oxygen atoms in total. The highest BCUT2D eigenvalue weighted by Crippen LogP contribution is 2.36. The Kier molecular flexibility index (Phi) is 16.5. The van der Waals surface area contributed by atoms with Crippen molar-refractivity contribution in [3.63, 3.8) is 0 Å². The maximum Gasteiger partial charge on any atom is 0.490 e. The lowest BCUT2D eigenvalue weighted by molar-refractivity contribution is -0.193. The average Bonchev–Trinajstić information content (AvgIpc) is 3.18. The molecule has 0 saturated heterocycles. The maximum atomic E-state index is 11.7. The molecular weight excluding hydrogens is 794 g/mol. The Hall–Kier alpha value is -7.00. The molecule has 0 saturated carbocycles. The van der Waals surface area contributed by atoms with Crippen molar-refractivity contribution < 1.29 is 84.9 Å². The number of ether oxygens (including phenoxy) is 4. The van der Waals surface area contributed by atoms with E-state index >= 15 is 0 Å². The Morgan fingerprint density at radius 1 is 0.552 bits per heavy atom. The number of carboxylic acid groups (broad SMARTS) is 4. The highest BCUT2D eigenvalue weighted by atomic mass is 19.4. The van der Waals surface area contributed by atoms with E-state index in [1.807, 2.05) is 38.4 Å². The third-order valence-electron chi connectivity index (χ3n) is 7.66. The van der Waals surface area contributed by atoms with E-state index in [2.05, 4.69) is 19.8 Å². The van der Waals surface area contributed by atoms with E-state index in [0.29, 0.717) is 35.6 Å². The van der Waals surface area contributed by atoms with Gasteiger partial charge in [-0.1, -0.05) is 0 Å². The first kappa shape index (κ1) is 47.2. The summed E-state index contributed by atoms with van der Waals surface area (Å²) in [5.41, 5.74) is 4.36. The second-order valence-electron chi connectivity index (χ2n) is 11.4. The molecule has 22 heteroatoms. The van der Waals surface area contributed by atoms with Crippen molar-refractivity contribution in [2.75, 3.05) is 65.4 Å². The van der Waals surface area contributed by atoms with E-state index in [9.17, 15) is 46.1 Å². The van der Waals surface area contributed by atoms with Crippen molar-refractivity contribution in [2.45, 2.75) is 12.4 Å². The molecule has 2 aromatic carbocycles. The summed E-state index contributed by atoms with van der Waals surface area (Å²) in [6.07, 6.45) is -6.65. The van der Waals surface area contributed by atoms with Crippen LogP contribution in [-0.2, 0) is 9.59 Å². The lowest BCUT2D eigenvalue weighted by Gasteiger charge is -2.25. The normalized spacial score (nSPS) is 10.8. The summed E-state index contributed by atoms with van der Waals surface area (Å²) >= 11 is 0. The summed E-state index contributed by atoms with van der Waals surface area (Å²) in [6.45, 7) is 1.39. The van der Waals surface area contributed by atoms with E-state index in [4.69, 9.17) is 38.7 Å². The molecule has 2 aromatic heterocycles. The molecule has 2 heterocycles. The first-order valence-electron chi connectivity index (χ1n) is 15.9. The van der Waals surface area contributed by atoms with Crippen LogP contribution in [0, 0.1) is 0 Å². The minimum absolute atomic E-state index is 0.0427. The topological polar surface area (TPSA) is 218 Å². The second-order valence-corrected chi connectivity index (χ2v) is 11.4. The summed E-state index contributed by atoms with van der Waals surface area (Å²) in [5, 5.41) is 33.3. The average molecular weight is 831 g/mol. The summed E-state index contributed by atoms with van der Waals surface area (Å²) in [5.74, 6) is -7.03. The predicted octanol–water partition coefficient (Wildman–Crippen LogP) is 6.08. The first-order chi connectivity index (χ1) is 27.0. The Bertz CT molecular complexity index is 1870. The number of rotatable bonds is 13. The number of likely N-dealkylation sites (N-methyl/N-ethyl adjacent to an activating group) is 2. The van der Waals surface area contributed by atoms with Crippen molar-refractivity contribution in [1.82, 2.24) is 9.97 Å². The highest BCUT2D eigenvalue weighted by Gasteiger charge is 2.39. The number of methoxy groups -OCH3 is 4. The largest absolute Gasteiger partial charge is 0.496 e. The van der Waals surface area contributed by atoms with Gasteiger partial charge < -0.3 is 49.2 Å². The zero-order chi connectivity index (χ0) is 44.1. The van der Waals surface area contributed by atoms with Crippen molar-refractivity contribution in [2.24, 2.45) is 0 Å². The van der Waals surface area contributed by atoms with Crippen LogP contribution in [0.5, 0.6) is 23.0 Å². The number of benzene rings is 2. The molecule has 0 amide bonds. The molecular formula is C36H36F6N4O12. The number of pyridine rings is 2. The molecule has 0 unspecified atom stereocenters. The van der Waals surface area contributed by atoms with E-state index in [-0.39, 0.29) is 34.1 Å². The second kappa shape index (κ2) is 20.2. The minimum atomic E-state index is -5.08. The van der Waals surface area contributed by atoms with Gasteiger partial charge in [-0.2, -0.15) is 26.3 Å². The number of aliphatic carboxylic acids is 2. The zero-order valence-corrected chi connectivity index (χ0v) is 31.3. The van der Waals surface area contributed by atoms with Crippen LogP contribution in [0.25, 0.3) is 22.5 Å². The highest BCUT2D eigenvalue weighted by molar-refractivity contribution is 5.96. The van der Waals surface area contributed by atoms with Gasteiger partial charge in [0.05, 0.1) is 63.6 Å². The number of carbonyl (C=O) groups is 4. The van der Waals surface area contributed by atoms with Crippen molar-refractivity contribution >= 4 is 35.3 Å². The van der Waals surface area contributed by atoms with Gasteiger partial charge in [0.2, 0.25) is 0 Å². The number of aromatic nitrogens is 2. The molecule has 0 aliphatic carbocycles. The van der Waals surface area contributed by atoms with Crippen molar-refractivity contribution in [3.05, 3.63) is 72.1 Å². The number of halogens is 6. The standard InChI is InChI=1S/C32H34N4O8.2C2HF3O2/c1-35(21-7-9-23(33-17-21)19-13-25(41-3)29(31(37)38)26(14-19)42-4)11-12-36(2)22-8-10-24(34-18-22)20-15-27(43-5)30(32(39)40)28(16-20)44-6;2*3-2(4,5)1(6)7/h7-10,13-18H,11-12H2,1-6H3,(H,37,38)(H,39,40);2*(H,6,7). The number of anilines is 2. The van der Waals surface area contributed by atoms with E-state index in [1.54, 1.807) is 36.7 Å². The van der Waals surface area contributed by atoms with Gasteiger partial charge in [-0.3, -0.25) is 9.97 Å². The summed E-state index contributed by atoms with van der Waals surface area (Å²) < 4.78 is 84.6. The number of aromatic carboxylic acids is 2. The number of hydrogen-bond donors (Lipinski definition) is 4. The monoisotopic (exact) mass is 830 g/mol. The van der Waals surface area contributed by atoms with Gasteiger partial charge in [-0.05, 0) is 48.5 Å². The lowest BCUT2D eigenvalue weighted by atomic mass is 10.1. The Labute approximate surface area is 325 Å². The molecule has 314 valence electrons. The van der Waals surface area contributed by atoms with Gasteiger partial charge in [-0.25, -0.2) is 19.2 Å². The molecule has 0 atom stereocenters. The van der Waals surface area contributed by atoms with Crippen LogP contribution < -0.4 is 28.7 Å². The molecule has 0 fully saturated rings. The number of carboxylic acids is 4. The van der Waals surface area contributed by atoms with Crippen LogP contribution in [-0.4, -0.2) is 122 Å². The molecule has 4 aromatic rings. The van der Waals surface area contributed by atoms with Gasteiger partial charge in [0.15, 0.2) is 0 Å².